The Balaban J connectivity index is 1.70. The van der Waals surface area contributed by atoms with Crippen LogP contribution >= 0.6 is 0 Å². The second kappa shape index (κ2) is 19.2. The minimum Gasteiger partial charge on any atom is -0.481 e. The average molecular weight is 649 g/mol. The van der Waals surface area contributed by atoms with Crippen molar-refractivity contribution >= 4 is 17.7 Å². The summed E-state index contributed by atoms with van der Waals surface area (Å²) < 4.78 is 15.2. The van der Waals surface area contributed by atoms with E-state index in [2.05, 4.69) is 27.6 Å². The van der Waals surface area contributed by atoms with Crippen molar-refractivity contribution in [2.75, 3.05) is 6.54 Å². The van der Waals surface area contributed by atoms with Crippen LogP contribution in [0, 0.1) is 17.7 Å². The van der Waals surface area contributed by atoms with Crippen molar-refractivity contribution in [3.8, 4) is 0 Å². The zero-order valence-corrected chi connectivity index (χ0v) is 27.0. The summed E-state index contributed by atoms with van der Waals surface area (Å²) in [6.07, 6.45) is 11.9. The number of carboxylic acids is 2. The lowest BCUT2D eigenvalue weighted by atomic mass is 9.84. The van der Waals surface area contributed by atoms with Crippen molar-refractivity contribution in [1.29, 1.82) is 0 Å². The molecule has 1 aromatic heterocycles. The molecule has 47 heavy (non-hydrogen) atoms. The van der Waals surface area contributed by atoms with Crippen molar-refractivity contribution in [3.63, 3.8) is 0 Å². The molecule has 252 valence electrons. The number of aliphatic carboxylic acids is 2. The lowest BCUT2D eigenvalue weighted by molar-refractivity contribution is -0.154. The molecule has 3 aromatic rings. The third kappa shape index (κ3) is 12.3. The molecule has 0 saturated carbocycles. The molecule has 0 spiro atoms. The predicted molar refractivity (Wildman–Crippen MR) is 176 cm³/mol. The van der Waals surface area contributed by atoms with Crippen molar-refractivity contribution in [1.82, 2.24) is 20.1 Å². The molecule has 2 aromatic carbocycles. The van der Waals surface area contributed by atoms with Crippen LogP contribution in [0.3, 0.4) is 0 Å². The highest BCUT2D eigenvalue weighted by Gasteiger charge is 2.28. The highest BCUT2D eigenvalue weighted by Crippen LogP contribution is 2.31. The fourth-order valence-electron chi connectivity index (χ4n) is 5.56. The Bertz CT molecular complexity index is 1460. The van der Waals surface area contributed by atoms with Gasteiger partial charge in [-0.1, -0.05) is 60.2 Å². The summed E-state index contributed by atoms with van der Waals surface area (Å²) >= 11 is 0. The molecule has 10 nitrogen and oxygen atoms in total. The van der Waals surface area contributed by atoms with Crippen molar-refractivity contribution in [2.24, 2.45) is 11.8 Å². The standard InChI is InChI=1S/C36H45FN4O6/c1-3-26(9-6-22-41-24-38-23-40-41)8-5-21-39-34(31(25(2)42)19-20-33(43)28-15-17-30(37)18-16-28)29-13-11-27(12-14-29)7-4-10-32(35(44)45)36(46)47/h3,5,8,11-18,23-24,31-34,39,43H,4,6-7,9-10,19-22H2,1-2H3,(H,44,45)(H,46,47). The number of Topliss-reactive ketones (excluding diaryl/α,β-unsaturated/α-hetero) is 1. The van der Waals surface area contributed by atoms with E-state index in [4.69, 9.17) is 10.2 Å². The van der Waals surface area contributed by atoms with E-state index in [1.54, 1.807) is 30.1 Å². The Kier molecular flexibility index (Phi) is 15.1. The third-order valence-electron chi connectivity index (χ3n) is 8.30. The number of hydrogen-bond donors (Lipinski definition) is 4. The summed E-state index contributed by atoms with van der Waals surface area (Å²) in [6.45, 7) is 4.80. The number of carboxylic acid groups (broad SMARTS) is 2. The lowest BCUT2D eigenvalue weighted by Gasteiger charge is -2.28. The van der Waals surface area contributed by atoms with E-state index in [9.17, 15) is 23.9 Å². The minimum atomic E-state index is -1.44. The molecule has 0 fully saturated rings. The second-order valence-electron chi connectivity index (χ2n) is 11.6. The summed E-state index contributed by atoms with van der Waals surface area (Å²) in [6, 6.07) is 13.0. The number of halogens is 1. The molecule has 0 aliphatic carbocycles. The van der Waals surface area contributed by atoms with Gasteiger partial charge in [-0.25, -0.2) is 9.37 Å². The van der Waals surface area contributed by atoms with E-state index in [0.717, 1.165) is 30.5 Å². The number of nitrogens with one attached hydrogen (secondary N) is 1. The number of nitrogens with zero attached hydrogens (tertiary/aromatic N) is 3. The SMILES string of the molecule is CC=C(C=CCNC(c1ccc(CCCC(C(=O)O)C(=O)O)cc1)C(CCC(O)c1ccc(F)cc1)C(C)=O)CCCn1cncn1. The highest BCUT2D eigenvalue weighted by molar-refractivity contribution is 5.92. The van der Waals surface area contributed by atoms with E-state index < -0.39 is 29.9 Å². The molecule has 0 radical (unpaired) electrons. The zero-order valence-electron chi connectivity index (χ0n) is 27.0. The zero-order chi connectivity index (χ0) is 34.2. The largest absolute Gasteiger partial charge is 0.481 e. The highest BCUT2D eigenvalue weighted by atomic mass is 19.1. The van der Waals surface area contributed by atoms with Crippen LogP contribution in [0.4, 0.5) is 4.39 Å². The van der Waals surface area contributed by atoms with Gasteiger partial charge >= 0.3 is 11.9 Å². The maximum absolute atomic E-state index is 13.4. The van der Waals surface area contributed by atoms with E-state index in [1.807, 2.05) is 37.3 Å². The smallest absolute Gasteiger partial charge is 0.317 e. The van der Waals surface area contributed by atoms with Crippen LogP contribution in [0.25, 0.3) is 0 Å². The number of carbonyl (C=O) groups excluding carboxylic acids is 1. The first-order valence-corrected chi connectivity index (χ1v) is 15.9. The first-order valence-electron chi connectivity index (χ1n) is 15.9. The molecule has 3 atom stereocenters. The Morgan fingerprint density at radius 2 is 1.64 bits per heavy atom. The number of ketones is 1. The summed E-state index contributed by atoms with van der Waals surface area (Å²) in [4.78, 5) is 39.4. The van der Waals surface area contributed by atoms with Crippen LogP contribution in [-0.4, -0.2) is 54.4 Å². The van der Waals surface area contributed by atoms with Gasteiger partial charge in [0.1, 0.15) is 24.3 Å². The summed E-state index contributed by atoms with van der Waals surface area (Å²) in [5.74, 6) is -5.00. The first-order chi connectivity index (χ1) is 22.6. The van der Waals surface area contributed by atoms with Gasteiger partial charge in [0.2, 0.25) is 0 Å². The topological polar surface area (TPSA) is 155 Å². The molecule has 1 heterocycles. The number of aliphatic hydroxyl groups excluding tert-OH is 1. The monoisotopic (exact) mass is 648 g/mol. The number of hydrogen-bond acceptors (Lipinski definition) is 7. The van der Waals surface area contributed by atoms with Gasteiger partial charge in [-0.3, -0.25) is 19.1 Å². The number of aliphatic hydroxyl groups is 1. The van der Waals surface area contributed by atoms with E-state index in [-0.39, 0.29) is 24.1 Å². The van der Waals surface area contributed by atoms with Gasteiger partial charge in [-0.15, -0.1) is 0 Å². The van der Waals surface area contributed by atoms with Gasteiger partial charge in [0.25, 0.3) is 0 Å². The van der Waals surface area contributed by atoms with Crippen molar-refractivity contribution < 1.29 is 34.1 Å². The first kappa shape index (κ1) is 37.0. The van der Waals surface area contributed by atoms with Gasteiger partial charge in [-0.2, -0.15) is 5.10 Å². The Morgan fingerprint density at radius 3 is 2.23 bits per heavy atom. The van der Waals surface area contributed by atoms with E-state index >= 15 is 0 Å². The molecular weight excluding hydrogens is 603 g/mol. The number of aromatic nitrogens is 3. The third-order valence-corrected chi connectivity index (χ3v) is 8.30. The number of aryl methyl sites for hydroxylation is 2. The predicted octanol–water partition coefficient (Wildman–Crippen LogP) is 5.86. The van der Waals surface area contributed by atoms with Crippen LogP contribution in [0.5, 0.6) is 0 Å². The molecular formula is C36H45FN4O6. The molecule has 3 unspecified atom stereocenters. The maximum Gasteiger partial charge on any atom is 0.317 e. The van der Waals surface area contributed by atoms with Gasteiger partial charge in [0.05, 0.1) is 6.10 Å². The number of allylic oxidation sites excluding steroid dienone is 3. The molecule has 0 aliphatic heterocycles. The normalized spacial score (nSPS) is 13.9. The molecule has 0 bridgehead atoms. The fraction of sp³-hybridized carbons (Fsp3) is 0.417. The molecule has 11 heteroatoms. The van der Waals surface area contributed by atoms with E-state index in [1.165, 1.54) is 24.0 Å². The van der Waals surface area contributed by atoms with Crippen LogP contribution in [0.15, 0.2) is 85.0 Å². The van der Waals surface area contributed by atoms with Gasteiger partial charge in [-0.05, 0) is 87.6 Å². The van der Waals surface area contributed by atoms with Crippen LogP contribution in [0.1, 0.15) is 81.2 Å². The molecule has 0 aliphatic rings. The Hall–Kier alpha value is -4.48. The fourth-order valence-corrected chi connectivity index (χ4v) is 5.56. The van der Waals surface area contributed by atoms with Gasteiger partial charge in [0, 0.05) is 25.0 Å². The van der Waals surface area contributed by atoms with Gasteiger partial charge in [0.15, 0.2) is 5.92 Å². The van der Waals surface area contributed by atoms with Crippen LogP contribution < -0.4 is 5.32 Å². The quantitative estimate of drug-likeness (QED) is 0.0822. The summed E-state index contributed by atoms with van der Waals surface area (Å²) in [7, 11) is 0. The van der Waals surface area contributed by atoms with Crippen molar-refractivity contribution in [2.45, 2.75) is 77.5 Å². The summed E-state index contributed by atoms with van der Waals surface area (Å²) in [5.41, 5.74) is 3.57. The Labute approximate surface area is 275 Å². The van der Waals surface area contributed by atoms with E-state index in [0.29, 0.717) is 37.8 Å². The number of rotatable bonds is 21. The number of carbonyl (C=O) groups is 3. The minimum absolute atomic E-state index is 0.0281. The molecule has 4 N–H and O–H groups in total. The average Bonchev–Trinajstić information content (AvgIpc) is 3.57. The summed E-state index contributed by atoms with van der Waals surface area (Å²) in [5, 5.41) is 36.7. The van der Waals surface area contributed by atoms with Crippen LogP contribution in [0.2, 0.25) is 0 Å². The maximum atomic E-state index is 13.4. The van der Waals surface area contributed by atoms with Crippen LogP contribution in [-0.2, 0) is 27.3 Å². The second-order valence-corrected chi connectivity index (χ2v) is 11.6. The lowest BCUT2D eigenvalue weighted by Crippen LogP contribution is -2.32. The van der Waals surface area contributed by atoms with Gasteiger partial charge < -0.3 is 20.6 Å². The molecule has 0 saturated heterocycles. The Morgan fingerprint density at radius 1 is 0.957 bits per heavy atom. The molecule has 3 rings (SSSR count). The number of benzene rings is 2. The van der Waals surface area contributed by atoms with Crippen molar-refractivity contribution in [3.05, 3.63) is 107 Å². The molecule has 0 amide bonds.